The maximum Gasteiger partial charge on any atom is 0.356 e. The Morgan fingerprint density at radius 3 is 2.24 bits per heavy atom. The number of imidazole rings is 1. The van der Waals surface area contributed by atoms with Crippen LogP contribution in [0.4, 0.5) is 0 Å². The maximum atomic E-state index is 11.9. The number of aromatic nitrogens is 2. The van der Waals surface area contributed by atoms with E-state index in [1.54, 1.807) is 22.5 Å². The summed E-state index contributed by atoms with van der Waals surface area (Å²) >= 11 is 1.61. The van der Waals surface area contributed by atoms with Crippen LogP contribution in [0.2, 0.25) is 0 Å². The molecule has 0 aliphatic carbocycles. The van der Waals surface area contributed by atoms with E-state index in [0.29, 0.717) is 12.1 Å². The first-order valence-electron chi connectivity index (χ1n) is 12.5. The number of ether oxygens (including phenoxy) is 2. The smallest absolute Gasteiger partial charge is 0.356 e. The first-order valence-corrected chi connectivity index (χ1v) is 13.4. The SMILES string of the molecule is CCCCCCCCCCCC/C=C\C(CCCC(=O)OC)Sc1ncc(C(=O)OC)n1C. The Kier molecular flexibility index (Phi) is 16.5. The van der Waals surface area contributed by atoms with Gasteiger partial charge < -0.3 is 14.0 Å². The molecule has 0 spiro atoms. The van der Waals surface area contributed by atoms with E-state index in [2.05, 4.69) is 24.1 Å². The van der Waals surface area contributed by atoms with Crippen molar-refractivity contribution in [1.29, 1.82) is 0 Å². The largest absolute Gasteiger partial charge is 0.469 e. The second kappa shape index (κ2) is 18.6. The lowest BCUT2D eigenvalue weighted by molar-refractivity contribution is -0.140. The molecule has 0 fully saturated rings. The molecule has 0 saturated carbocycles. The molecule has 1 rings (SSSR count). The molecule has 1 heterocycles. The Morgan fingerprint density at radius 2 is 1.64 bits per heavy atom. The van der Waals surface area contributed by atoms with Crippen molar-refractivity contribution in [2.24, 2.45) is 7.05 Å². The van der Waals surface area contributed by atoms with Crippen LogP contribution in [0.25, 0.3) is 0 Å². The van der Waals surface area contributed by atoms with Crippen molar-refractivity contribution in [3.63, 3.8) is 0 Å². The van der Waals surface area contributed by atoms with Gasteiger partial charge in [0.25, 0.3) is 0 Å². The summed E-state index contributed by atoms with van der Waals surface area (Å²) in [6, 6.07) is 0. The quantitative estimate of drug-likeness (QED) is 0.0930. The van der Waals surface area contributed by atoms with Crippen LogP contribution in [0, 0.1) is 0 Å². The highest BCUT2D eigenvalue weighted by atomic mass is 32.2. The van der Waals surface area contributed by atoms with Gasteiger partial charge in [-0.1, -0.05) is 88.6 Å². The summed E-state index contributed by atoms with van der Waals surface area (Å²) in [5.41, 5.74) is 0.433. The van der Waals surface area contributed by atoms with Crippen LogP contribution < -0.4 is 0 Å². The Bertz CT molecular complexity index is 702. The van der Waals surface area contributed by atoms with Crippen LogP contribution in [0.15, 0.2) is 23.5 Å². The van der Waals surface area contributed by atoms with E-state index in [9.17, 15) is 9.59 Å². The number of rotatable bonds is 19. The van der Waals surface area contributed by atoms with Gasteiger partial charge in [0.15, 0.2) is 5.16 Å². The molecule has 0 bridgehead atoms. The topological polar surface area (TPSA) is 70.4 Å². The van der Waals surface area contributed by atoms with Gasteiger partial charge >= 0.3 is 11.9 Å². The third kappa shape index (κ3) is 12.9. The number of carbonyl (C=O) groups excluding carboxylic acids is 2. The van der Waals surface area contributed by atoms with Gasteiger partial charge in [-0.15, -0.1) is 0 Å². The molecule has 1 aromatic rings. The third-order valence-electron chi connectivity index (χ3n) is 5.77. The Morgan fingerprint density at radius 1 is 1.00 bits per heavy atom. The molecule has 0 N–H and O–H groups in total. The van der Waals surface area contributed by atoms with Crippen molar-refractivity contribution in [2.45, 2.75) is 107 Å². The average molecular weight is 481 g/mol. The second-order valence-corrected chi connectivity index (χ2v) is 9.71. The molecule has 1 aromatic heterocycles. The number of carbonyl (C=O) groups is 2. The van der Waals surface area contributed by atoms with Crippen molar-refractivity contribution in [1.82, 2.24) is 9.55 Å². The summed E-state index contributed by atoms with van der Waals surface area (Å²) in [7, 11) is 4.61. The zero-order valence-electron chi connectivity index (χ0n) is 21.1. The fraction of sp³-hybridized carbons (Fsp3) is 0.731. The predicted molar refractivity (Wildman–Crippen MR) is 136 cm³/mol. The number of nitrogens with zero attached hydrogens (tertiary/aromatic N) is 2. The minimum Gasteiger partial charge on any atom is -0.469 e. The van der Waals surface area contributed by atoms with Gasteiger partial charge in [0.05, 0.1) is 20.4 Å². The Labute approximate surface area is 204 Å². The van der Waals surface area contributed by atoms with Gasteiger partial charge in [-0.05, 0) is 25.7 Å². The summed E-state index contributed by atoms with van der Waals surface area (Å²) in [5.74, 6) is -0.575. The fourth-order valence-corrected chi connectivity index (χ4v) is 4.79. The molecule has 0 radical (unpaired) electrons. The van der Waals surface area contributed by atoms with Crippen molar-refractivity contribution < 1.29 is 19.1 Å². The number of esters is 2. The van der Waals surface area contributed by atoms with Crippen molar-refractivity contribution >= 4 is 23.7 Å². The summed E-state index contributed by atoms with van der Waals surface area (Å²) in [4.78, 5) is 27.7. The number of allylic oxidation sites excluding steroid dienone is 1. The molecule has 6 nitrogen and oxygen atoms in total. The van der Waals surface area contributed by atoms with Crippen LogP contribution >= 0.6 is 11.8 Å². The number of hydrogen-bond donors (Lipinski definition) is 0. The normalized spacial score (nSPS) is 12.2. The Balaban J connectivity index is 2.43. The van der Waals surface area contributed by atoms with E-state index in [1.807, 2.05) is 7.05 Å². The summed E-state index contributed by atoms with van der Waals surface area (Å²) in [6.45, 7) is 2.26. The molecular weight excluding hydrogens is 436 g/mol. The maximum absolute atomic E-state index is 11.9. The van der Waals surface area contributed by atoms with E-state index >= 15 is 0 Å². The lowest BCUT2D eigenvalue weighted by atomic mass is 10.1. The zero-order valence-corrected chi connectivity index (χ0v) is 22.0. The van der Waals surface area contributed by atoms with Crippen LogP contribution in [-0.4, -0.2) is 41.0 Å². The minimum atomic E-state index is -0.393. The minimum absolute atomic E-state index is 0.182. The van der Waals surface area contributed by atoms with Gasteiger partial charge in [0.1, 0.15) is 5.69 Å². The number of thioether (sulfide) groups is 1. The lowest BCUT2D eigenvalue weighted by Gasteiger charge is -2.12. The molecule has 0 aliphatic rings. The van der Waals surface area contributed by atoms with Gasteiger partial charge in [-0.3, -0.25) is 4.79 Å². The molecular formula is C26H44N2O4S. The second-order valence-electron chi connectivity index (χ2n) is 8.50. The number of hydrogen-bond acceptors (Lipinski definition) is 6. The lowest BCUT2D eigenvalue weighted by Crippen LogP contribution is -2.09. The van der Waals surface area contributed by atoms with Crippen molar-refractivity contribution in [3.05, 3.63) is 24.0 Å². The zero-order chi connectivity index (χ0) is 24.3. The highest BCUT2D eigenvalue weighted by Crippen LogP contribution is 2.27. The van der Waals surface area contributed by atoms with Gasteiger partial charge in [-0.2, -0.15) is 0 Å². The number of methoxy groups -OCH3 is 2. The van der Waals surface area contributed by atoms with Crippen LogP contribution in [0.5, 0.6) is 0 Å². The van der Waals surface area contributed by atoms with Gasteiger partial charge in [0, 0.05) is 18.7 Å². The molecule has 1 atom stereocenters. The van der Waals surface area contributed by atoms with Crippen molar-refractivity contribution in [2.75, 3.05) is 14.2 Å². The first-order chi connectivity index (χ1) is 16.0. The van der Waals surface area contributed by atoms with E-state index in [-0.39, 0.29) is 11.2 Å². The van der Waals surface area contributed by atoms with E-state index < -0.39 is 5.97 Å². The molecule has 0 aliphatic heterocycles. The monoisotopic (exact) mass is 480 g/mol. The molecule has 0 saturated heterocycles. The summed E-state index contributed by atoms with van der Waals surface area (Å²) in [5, 5.41) is 0.950. The van der Waals surface area contributed by atoms with Gasteiger partial charge in [-0.25, -0.2) is 9.78 Å². The molecule has 188 valence electrons. The van der Waals surface area contributed by atoms with Crippen LogP contribution in [0.1, 0.15) is 107 Å². The average Bonchev–Trinajstić information content (AvgIpc) is 3.18. The fourth-order valence-electron chi connectivity index (χ4n) is 3.67. The van der Waals surface area contributed by atoms with Crippen LogP contribution in [0.3, 0.4) is 0 Å². The van der Waals surface area contributed by atoms with Gasteiger partial charge in [0.2, 0.25) is 0 Å². The Hall–Kier alpha value is -1.76. The molecule has 0 amide bonds. The standard InChI is InChI=1S/C26H44N2O4S/c1-5-6-7-8-9-10-11-12-13-14-15-16-18-22(19-17-20-24(29)31-3)33-26-27-21-23(28(26)2)25(30)32-4/h16,18,21-22H,5-15,17,19-20H2,1-4H3/b18-16-. The molecule has 33 heavy (non-hydrogen) atoms. The highest BCUT2D eigenvalue weighted by molar-refractivity contribution is 7.99. The van der Waals surface area contributed by atoms with E-state index in [0.717, 1.165) is 24.4 Å². The molecule has 1 unspecified atom stereocenters. The highest BCUT2D eigenvalue weighted by Gasteiger charge is 2.17. The van der Waals surface area contributed by atoms with E-state index in [1.165, 1.54) is 78.4 Å². The summed E-state index contributed by atoms with van der Waals surface area (Å²) < 4.78 is 11.3. The van der Waals surface area contributed by atoms with Crippen molar-refractivity contribution in [3.8, 4) is 0 Å². The summed E-state index contributed by atoms with van der Waals surface area (Å²) in [6.07, 6.45) is 22.5. The first kappa shape index (κ1) is 29.3. The molecule has 7 heteroatoms. The third-order valence-corrected chi connectivity index (χ3v) is 7.05. The predicted octanol–water partition coefficient (Wildman–Crippen LogP) is 6.88. The molecule has 0 aromatic carbocycles. The van der Waals surface area contributed by atoms with E-state index in [4.69, 9.17) is 9.47 Å². The van der Waals surface area contributed by atoms with Crippen LogP contribution in [-0.2, 0) is 21.3 Å². The number of unbranched alkanes of at least 4 members (excludes halogenated alkanes) is 10.